The Bertz CT molecular complexity index is 455. The maximum Gasteiger partial charge on any atom is 0.255 e. The van der Waals surface area contributed by atoms with E-state index in [1.54, 1.807) is 13.2 Å². The molecule has 0 bridgehead atoms. The normalized spacial score (nSPS) is 16.2. The molecule has 4 heteroatoms. The monoisotopic (exact) mass is 325 g/mol. The van der Waals surface area contributed by atoms with Crippen LogP contribution in [0.4, 0.5) is 0 Å². The molecule has 0 radical (unpaired) electrons. The Kier molecular flexibility index (Phi) is 4.86. The van der Waals surface area contributed by atoms with E-state index in [9.17, 15) is 4.79 Å². The zero-order chi connectivity index (χ0) is 13.8. The highest BCUT2D eigenvalue weighted by Gasteiger charge is 2.24. The average Bonchev–Trinajstić information content (AvgIpc) is 2.47. The molecule has 1 saturated carbocycles. The van der Waals surface area contributed by atoms with Crippen molar-refractivity contribution in [1.29, 1.82) is 0 Å². The zero-order valence-corrected chi connectivity index (χ0v) is 13.1. The number of halogens is 1. The summed E-state index contributed by atoms with van der Waals surface area (Å²) < 4.78 is 6.01. The molecule has 0 aromatic heterocycles. The van der Waals surface area contributed by atoms with Crippen LogP contribution in [0.5, 0.6) is 5.75 Å². The molecule has 0 saturated heterocycles. The second kappa shape index (κ2) is 6.42. The molecule has 1 aromatic carbocycles. The molecule has 1 aliphatic rings. The number of carbonyl (C=O) groups is 1. The van der Waals surface area contributed by atoms with Crippen LogP contribution in [0.3, 0.4) is 0 Å². The van der Waals surface area contributed by atoms with Crippen molar-refractivity contribution in [2.75, 3.05) is 14.2 Å². The molecule has 19 heavy (non-hydrogen) atoms. The van der Waals surface area contributed by atoms with E-state index in [1.807, 2.05) is 24.1 Å². The minimum atomic E-state index is 0.0673. The predicted molar refractivity (Wildman–Crippen MR) is 79.7 cm³/mol. The average molecular weight is 326 g/mol. The fourth-order valence-electron chi connectivity index (χ4n) is 2.62. The molecular formula is C15H20BrNO2. The quantitative estimate of drug-likeness (QED) is 0.844. The molecule has 1 aromatic rings. The maximum absolute atomic E-state index is 12.6. The van der Waals surface area contributed by atoms with Crippen LogP contribution in [0.15, 0.2) is 22.7 Å². The topological polar surface area (TPSA) is 29.5 Å². The van der Waals surface area contributed by atoms with Crippen molar-refractivity contribution in [1.82, 2.24) is 4.90 Å². The van der Waals surface area contributed by atoms with E-state index in [0.29, 0.717) is 17.4 Å². The van der Waals surface area contributed by atoms with E-state index in [2.05, 4.69) is 15.9 Å². The number of benzene rings is 1. The first-order valence-corrected chi connectivity index (χ1v) is 7.53. The molecule has 1 amide bonds. The Morgan fingerprint density at radius 2 is 2.00 bits per heavy atom. The summed E-state index contributed by atoms with van der Waals surface area (Å²) in [5, 5.41) is 0. The van der Waals surface area contributed by atoms with Gasteiger partial charge < -0.3 is 9.64 Å². The van der Waals surface area contributed by atoms with Crippen LogP contribution >= 0.6 is 15.9 Å². The number of hydrogen-bond acceptors (Lipinski definition) is 2. The van der Waals surface area contributed by atoms with Crippen LogP contribution in [-0.4, -0.2) is 31.0 Å². The fraction of sp³-hybridized carbons (Fsp3) is 0.533. The summed E-state index contributed by atoms with van der Waals surface area (Å²) in [6.07, 6.45) is 5.97. The lowest BCUT2D eigenvalue weighted by molar-refractivity contribution is 0.0695. The number of methoxy groups -OCH3 is 1. The number of rotatable bonds is 3. The molecular weight excluding hydrogens is 306 g/mol. The van der Waals surface area contributed by atoms with E-state index >= 15 is 0 Å². The zero-order valence-electron chi connectivity index (χ0n) is 11.5. The Balaban J connectivity index is 2.18. The minimum absolute atomic E-state index is 0.0673. The highest BCUT2D eigenvalue weighted by atomic mass is 79.9. The van der Waals surface area contributed by atoms with Crippen molar-refractivity contribution in [3.05, 3.63) is 28.2 Å². The number of amides is 1. The van der Waals surface area contributed by atoms with Gasteiger partial charge in [0.1, 0.15) is 5.75 Å². The number of nitrogens with zero attached hydrogens (tertiary/aromatic N) is 1. The third-order valence-corrected chi connectivity index (χ3v) is 4.54. The van der Waals surface area contributed by atoms with Crippen LogP contribution in [0.25, 0.3) is 0 Å². The molecule has 0 aliphatic heterocycles. The second-order valence-corrected chi connectivity index (χ2v) is 5.91. The van der Waals surface area contributed by atoms with Crippen molar-refractivity contribution < 1.29 is 9.53 Å². The van der Waals surface area contributed by atoms with Gasteiger partial charge in [-0.2, -0.15) is 0 Å². The SMILES string of the molecule is COc1ccc(Br)c(C(=O)N(C)C2CCCCC2)c1. The van der Waals surface area contributed by atoms with E-state index in [0.717, 1.165) is 17.3 Å². The molecule has 0 atom stereocenters. The molecule has 0 spiro atoms. The fourth-order valence-corrected chi connectivity index (χ4v) is 3.04. The summed E-state index contributed by atoms with van der Waals surface area (Å²) >= 11 is 3.45. The van der Waals surface area contributed by atoms with Crippen LogP contribution in [0.1, 0.15) is 42.5 Å². The van der Waals surface area contributed by atoms with Crippen molar-refractivity contribution in [2.45, 2.75) is 38.1 Å². The molecule has 2 rings (SSSR count). The molecule has 0 unspecified atom stereocenters. The second-order valence-electron chi connectivity index (χ2n) is 5.05. The van der Waals surface area contributed by atoms with E-state index in [1.165, 1.54) is 19.3 Å². The Morgan fingerprint density at radius 1 is 1.32 bits per heavy atom. The third-order valence-electron chi connectivity index (χ3n) is 3.85. The summed E-state index contributed by atoms with van der Waals surface area (Å²) in [6.45, 7) is 0. The lowest BCUT2D eigenvalue weighted by Gasteiger charge is -2.31. The molecule has 1 fully saturated rings. The standard InChI is InChI=1S/C15H20BrNO2/c1-17(11-6-4-3-5-7-11)15(18)13-10-12(19-2)8-9-14(13)16/h8-11H,3-7H2,1-2H3. The van der Waals surface area contributed by atoms with Crippen molar-refractivity contribution in [2.24, 2.45) is 0 Å². The lowest BCUT2D eigenvalue weighted by Crippen LogP contribution is -2.38. The predicted octanol–water partition coefficient (Wildman–Crippen LogP) is 3.86. The summed E-state index contributed by atoms with van der Waals surface area (Å²) in [6, 6.07) is 5.88. The van der Waals surface area contributed by atoms with Crippen LogP contribution in [0, 0.1) is 0 Å². The van der Waals surface area contributed by atoms with E-state index < -0.39 is 0 Å². The van der Waals surface area contributed by atoms with Crippen molar-refractivity contribution in [3.63, 3.8) is 0 Å². The van der Waals surface area contributed by atoms with E-state index in [-0.39, 0.29) is 5.91 Å². The third kappa shape index (κ3) is 3.30. The van der Waals surface area contributed by atoms with Crippen molar-refractivity contribution >= 4 is 21.8 Å². The maximum atomic E-state index is 12.6. The van der Waals surface area contributed by atoms with Gasteiger partial charge in [-0.05, 0) is 47.0 Å². The van der Waals surface area contributed by atoms with Gasteiger partial charge in [-0.1, -0.05) is 19.3 Å². The summed E-state index contributed by atoms with van der Waals surface area (Å²) in [5.74, 6) is 0.779. The van der Waals surface area contributed by atoms with Gasteiger partial charge in [0, 0.05) is 17.6 Å². The Morgan fingerprint density at radius 3 is 2.63 bits per heavy atom. The van der Waals surface area contributed by atoms with E-state index in [4.69, 9.17) is 4.74 Å². The summed E-state index contributed by atoms with van der Waals surface area (Å²) in [5.41, 5.74) is 0.674. The highest BCUT2D eigenvalue weighted by molar-refractivity contribution is 9.10. The van der Waals surface area contributed by atoms with Crippen molar-refractivity contribution in [3.8, 4) is 5.75 Å². The van der Waals surface area contributed by atoms with Gasteiger partial charge in [0.15, 0.2) is 0 Å². The largest absolute Gasteiger partial charge is 0.497 e. The first kappa shape index (κ1) is 14.4. The van der Waals surface area contributed by atoms with Gasteiger partial charge >= 0.3 is 0 Å². The first-order valence-electron chi connectivity index (χ1n) is 6.74. The number of ether oxygens (including phenoxy) is 1. The van der Waals surface area contributed by atoms with Gasteiger partial charge in [-0.25, -0.2) is 0 Å². The van der Waals surface area contributed by atoms with Crippen LogP contribution in [0.2, 0.25) is 0 Å². The first-order chi connectivity index (χ1) is 9.13. The van der Waals surface area contributed by atoms with Gasteiger partial charge in [-0.3, -0.25) is 4.79 Å². The summed E-state index contributed by atoms with van der Waals surface area (Å²) in [7, 11) is 3.52. The van der Waals surface area contributed by atoms with Crippen LogP contribution < -0.4 is 4.74 Å². The number of hydrogen-bond donors (Lipinski definition) is 0. The number of carbonyl (C=O) groups excluding carboxylic acids is 1. The molecule has 1 aliphatic carbocycles. The lowest BCUT2D eigenvalue weighted by atomic mass is 9.94. The van der Waals surface area contributed by atoms with Gasteiger partial charge in [0.05, 0.1) is 12.7 Å². The van der Waals surface area contributed by atoms with Crippen LogP contribution in [-0.2, 0) is 0 Å². The Hall–Kier alpha value is -1.03. The highest BCUT2D eigenvalue weighted by Crippen LogP contribution is 2.27. The van der Waals surface area contributed by atoms with Gasteiger partial charge in [-0.15, -0.1) is 0 Å². The Labute approximate surface area is 123 Å². The smallest absolute Gasteiger partial charge is 0.255 e. The molecule has 0 heterocycles. The molecule has 104 valence electrons. The van der Waals surface area contributed by atoms with Gasteiger partial charge in [0.2, 0.25) is 0 Å². The van der Waals surface area contributed by atoms with Gasteiger partial charge in [0.25, 0.3) is 5.91 Å². The molecule has 3 nitrogen and oxygen atoms in total. The summed E-state index contributed by atoms with van der Waals surface area (Å²) in [4.78, 5) is 14.5. The molecule has 0 N–H and O–H groups in total. The minimum Gasteiger partial charge on any atom is -0.497 e.